The van der Waals surface area contributed by atoms with E-state index in [1.54, 1.807) is 18.2 Å². The van der Waals surface area contributed by atoms with Gasteiger partial charge in [0.2, 0.25) is 5.91 Å². The maximum Gasteiger partial charge on any atom is 0.228 e. The third kappa shape index (κ3) is 3.74. The van der Waals surface area contributed by atoms with Gasteiger partial charge >= 0.3 is 0 Å². The number of hydrogen-bond acceptors (Lipinski definition) is 2. The minimum absolute atomic E-state index is 0.101. The Kier molecular flexibility index (Phi) is 4.68. The van der Waals surface area contributed by atoms with Crippen molar-refractivity contribution in [2.75, 3.05) is 11.1 Å². The molecule has 3 N–H and O–H groups in total. The van der Waals surface area contributed by atoms with Crippen LogP contribution in [0.5, 0.6) is 0 Å². The van der Waals surface area contributed by atoms with Crippen molar-refractivity contribution >= 4 is 44.8 Å². The number of carbonyl (C=O) groups excluding carboxylic acids is 1. The molecule has 3 nitrogen and oxygen atoms in total. The summed E-state index contributed by atoms with van der Waals surface area (Å²) in [6, 6.07) is 10.9. The van der Waals surface area contributed by atoms with E-state index < -0.39 is 0 Å². The molecule has 1 amide bonds. The molecule has 0 spiro atoms. The normalized spacial score (nSPS) is 10.3. The second kappa shape index (κ2) is 6.29. The van der Waals surface area contributed by atoms with Crippen molar-refractivity contribution in [2.45, 2.75) is 13.3 Å². The molecule has 0 saturated carbocycles. The number of rotatable bonds is 3. The van der Waals surface area contributed by atoms with Crippen molar-refractivity contribution in [3.63, 3.8) is 0 Å². The number of amides is 1. The number of nitrogens with one attached hydrogen (secondary N) is 1. The van der Waals surface area contributed by atoms with Crippen molar-refractivity contribution < 1.29 is 4.79 Å². The molecule has 2 aromatic carbocycles. The van der Waals surface area contributed by atoms with Gasteiger partial charge in [0.05, 0.1) is 12.1 Å². The first-order valence-corrected chi connectivity index (χ1v) is 7.22. The predicted octanol–water partition coefficient (Wildman–Crippen LogP) is 4.17. The zero-order valence-electron chi connectivity index (χ0n) is 10.9. The Morgan fingerprint density at radius 3 is 2.60 bits per heavy atom. The monoisotopic (exact) mass is 352 g/mol. The Morgan fingerprint density at radius 2 is 1.95 bits per heavy atom. The van der Waals surface area contributed by atoms with Crippen LogP contribution in [0, 0.1) is 6.92 Å². The molecule has 0 fully saturated rings. The number of hydrogen-bond donors (Lipinski definition) is 2. The summed E-state index contributed by atoms with van der Waals surface area (Å²) >= 11 is 9.48. The van der Waals surface area contributed by atoms with E-state index in [2.05, 4.69) is 21.2 Å². The Hall–Kier alpha value is -1.52. The first-order valence-electron chi connectivity index (χ1n) is 6.05. The second-order valence-electron chi connectivity index (χ2n) is 4.55. The molecule has 2 rings (SSSR count). The summed E-state index contributed by atoms with van der Waals surface area (Å²) in [5, 5.41) is 3.46. The van der Waals surface area contributed by atoms with Crippen molar-refractivity contribution in [3.8, 4) is 0 Å². The second-order valence-corrected chi connectivity index (χ2v) is 5.81. The Morgan fingerprint density at radius 1 is 1.30 bits per heavy atom. The minimum atomic E-state index is -0.101. The minimum Gasteiger partial charge on any atom is -0.399 e. The van der Waals surface area contributed by atoms with Crippen LogP contribution in [0.2, 0.25) is 5.02 Å². The Balaban J connectivity index is 2.08. The van der Waals surface area contributed by atoms with Crippen molar-refractivity contribution in [1.29, 1.82) is 0 Å². The highest BCUT2D eigenvalue weighted by atomic mass is 79.9. The van der Waals surface area contributed by atoms with E-state index in [0.717, 1.165) is 15.6 Å². The van der Waals surface area contributed by atoms with E-state index in [-0.39, 0.29) is 12.3 Å². The third-order valence-corrected chi connectivity index (χ3v) is 3.93. The lowest BCUT2D eigenvalue weighted by Gasteiger charge is -2.09. The van der Waals surface area contributed by atoms with Crippen LogP contribution in [-0.2, 0) is 11.2 Å². The zero-order chi connectivity index (χ0) is 14.7. The molecule has 0 bridgehead atoms. The van der Waals surface area contributed by atoms with Gasteiger partial charge < -0.3 is 11.1 Å². The number of carbonyl (C=O) groups is 1. The molecule has 0 unspecified atom stereocenters. The average Bonchev–Trinajstić information content (AvgIpc) is 2.39. The largest absolute Gasteiger partial charge is 0.399 e. The predicted molar refractivity (Wildman–Crippen MR) is 87.1 cm³/mol. The number of aryl methyl sites for hydroxylation is 1. The Labute approximate surface area is 131 Å². The molecule has 0 aromatic heterocycles. The van der Waals surface area contributed by atoms with Crippen LogP contribution in [0.4, 0.5) is 11.4 Å². The van der Waals surface area contributed by atoms with Gasteiger partial charge in [-0.15, -0.1) is 0 Å². The van der Waals surface area contributed by atoms with Crippen molar-refractivity contribution in [3.05, 3.63) is 57.0 Å². The average molecular weight is 354 g/mol. The van der Waals surface area contributed by atoms with Gasteiger partial charge in [0, 0.05) is 15.2 Å². The molecule has 0 radical (unpaired) electrons. The van der Waals surface area contributed by atoms with E-state index >= 15 is 0 Å². The van der Waals surface area contributed by atoms with Crippen LogP contribution >= 0.6 is 27.5 Å². The number of anilines is 2. The summed E-state index contributed by atoms with van der Waals surface area (Å²) in [5.74, 6) is -0.101. The maximum atomic E-state index is 12.0. The third-order valence-electron chi connectivity index (χ3n) is 2.87. The van der Waals surface area contributed by atoms with Crippen LogP contribution in [0.15, 0.2) is 40.9 Å². The summed E-state index contributed by atoms with van der Waals surface area (Å²) in [6.07, 6.45) is 0.290. The zero-order valence-corrected chi connectivity index (χ0v) is 13.3. The first kappa shape index (κ1) is 14.9. The van der Waals surface area contributed by atoms with Crippen LogP contribution in [-0.4, -0.2) is 5.91 Å². The van der Waals surface area contributed by atoms with E-state index in [0.29, 0.717) is 16.4 Å². The molecule has 0 saturated heterocycles. The molecule has 5 heteroatoms. The fourth-order valence-electron chi connectivity index (χ4n) is 1.76. The highest BCUT2D eigenvalue weighted by Crippen LogP contribution is 2.29. The summed E-state index contributed by atoms with van der Waals surface area (Å²) in [4.78, 5) is 12.0. The lowest BCUT2D eigenvalue weighted by molar-refractivity contribution is -0.115. The SMILES string of the molecule is Cc1cc(Br)c(NC(=O)Cc2ccc(N)cc2)cc1Cl. The first-order chi connectivity index (χ1) is 9.45. The van der Waals surface area contributed by atoms with E-state index in [1.165, 1.54) is 0 Å². The number of nitrogens with two attached hydrogens (primary N) is 1. The van der Waals surface area contributed by atoms with Crippen LogP contribution in [0.25, 0.3) is 0 Å². The van der Waals surface area contributed by atoms with Gasteiger partial charge in [-0.2, -0.15) is 0 Å². The fraction of sp³-hybridized carbons (Fsp3) is 0.133. The van der Waals surface area contributed by atoms with E-state index in [9.17, 15) is 4.79 Å². The molecule has 0 aliphatic carbocycles. The number of halogens is 2. The standard InChI is InChI=1S/C15H14BrClN2O/c1-9-6-12(16)14(8-13(9)17)19-15(20)7-10-2-4-11(18)5-3-10/h2-6,8H,7,18H2,1H3,(H,19,20). The van der Waals surface area contributed by atoms with Crippen LogP contribution in [0.3, 0.4) is 0 Å². The number of benzene rings is 2. The molecule has 0 atom stereocenters. The van der Waals surface area contributed by atoms with Crippen molar-refractivity contribution in [2.24, 2.45) is 0 Å². The van der Waals surface area contributed by atoms with Gasteiger partial charge in [-0.25, -0.2) is 0 Å². The summed E-state index contributed by atoms with van der Waals surface area (Å²) in [7, 11) is 0. The van der Waals surface area contributed by atoms with Gasteiger partial charge in [-0.3, -0.25) is 4.79 Å². The van der Waals surface area contributed by atoms with Crippen molar-refractivity contribution in [1.82, 2.24) is 0 Å². The quantitative estimate of drug-likeness (QED) is 0.814. The fourth-order valence-corrected chi connectivity index (χ4v) is 2.48. The summed E-state index contributed by atoms with van der Waals surface area (Å²) in [6.45, 7) is 1.91. The van der Waals surface area contributed by atoms with Gasteiger partial charge in [-0.05, 0) is 58.2 Å². The molecule has 104 valence electrons. The maximum absolute atomic E-state index is 12.0. The van der Waals surface area contributed by atoms with Gasteiger partial charge in [0.15, 0.2) is 0 Å². The van der Waals surface area contributed by atoms with E-state index in [4.69, 9.17) is 17.3 Å². The van der Waals surface area contributed by atoms with Crippen LogP contribution < -0.4 is 11.1 Å². The number of nitrogen functional groups attached to an aromatic ring is 1. The summed E-state index contributed by atoms with van der Waals surface area (Å²) < 4.78 is 0.810. The lowest BCUT2D eigenvalue weighted by Crippen LogP contribution is -2.14. The highest BCUT2D eigenvalue weighted by Gasteiger charge is 2.09. The topological polar surface area (TPSA) is 55.1 Å². The van der Waals surface area contributed by atoms with Gasteiger partial charge in [0.25, 0.3) is 0 Å². The smallest absolute Gasteiger partial charge is 0.228 e. The molecular weight excluding hydrogens is 340 g/mol. The van der Waals surface area contributed by atoms with Crippen LogP contribution in [0.1, 0.15) is 11.1 Å². The van der Waals surface area contributed by atoms with Gasteiger partial charge in [0.1, 0.15) is 0 Å². The Bertz CT molecular complexity index is 641. The molecule has 20 heavy (non-hydrogen) atoms. The lowest BCUT2D eigenvalue weighted by atomic mass is 10.1. The van der Waals surface area contributed by atoms with Gasteiger partial charge in [-0.1, -0.05) is 23.7 Å². The molecule has 0 aliphatic heterocycles. The molecule has 2 aromatic rings. The summed E-state index contributed by atoms with van der Waals surface area (Å²) in [5.41, 5.74) is 8.82. The molecule has 0 aliphatic rings. The molecular formula is C15H14BrClN2O. The molecule has 0 heterocycles. The van der Waals surface area contributed by atoms with E-state index in [1.807, 2.05) is 25.1 Å². The highest BCUT2D eigenvalue weighted by molar-refractivity contribution is 9.10.